The van der Waals surface area contributed by atoms with Crippen molar-refractivity contribution in [2.75, 3.05) is 19.8 Å². The van der Waals surface area contributed by atoms with E-state index in [-0.39, 0.29) is 0 Å². The third kappa shape index (κ3) is 5.51. The Hall–Kier alpha value is -0.740. The number of aryl methyl sites for hydroxylation is 1. The molecule has 1 N–H and O–H groups in total. The molecule has 1 heterocycles. The normalized spacial score (nSPS) is 13.7. The first-order valence-corrected chi connectivity index (χ1v) is 8.77. The van der Waals surface area contributed by atoms with Crippen molar-refractivity contribution in [1.82, 2.24) is 5.32 Å². The first kappa shape index (κ1) is 16.6. The standard InChI is InChI=1S/C17H26BrNO2/c1-13(2)19-8-6-4-3-5-7-14-11-16-17(12-15(14)18)21-10-9-20-16/h11-13,19H,3-10H2,1-2H3. The second kappa shape index (κ2) is 8.64. The van der Waals surface area contributed by atoms with E-state index < -0.39 is 0 Å². The van der Waals surface area contributed by atoms with Gasteiger partial charge in [0, 0.05) is 10.5 Å². The van der Waals surface area contributed by atoms with E-state index in [9.17, 15) is 0 Å². The van der Waals surface area contributed by atoms with Crippen LogP contribution in [0.25, 0.3) is 0 Å². The predicted octanol–water partition coefficient (Wildman–Crippen LogP) is 4.32. The van der Waals surface area contributed by atoms with Crippen LogP contribution in [0.1, 0.15) is 45.1 Å². The minimum absolute atomic E-state index is 0.596. The minimum atomic E-state index is 0.596. The van der Waals surface area contributed by atoms with E-state index in [2.05, 4.69) is 41.2 Å². The summed E-state index contributed by atoms with van der Waals surface area (Å²) < 4.78 is 12.4. The summed E-state index contributed by atoms with van der Waals surface area (Å²) in [5, 5.41) is 3.46. The molecule has 0 aromatic heterocycles. The summed E-state index contributed by atoms with van der Waals surface area (Å²) in [6.45, 7) is 6.81. The van der Waals surface area contributed by atoms with Crippen molar-refractivity contribution < 1.29 is 9.47 Å². The highest BCUT2D eigenvalue weighted by Crippen LogP contribution is 2.36. The van der Waals surface area contributed by atoms with Crippen molar-refractivity contribution >= 4 is 15.9 Å². The average molecular weight is 356 g/mol. The van der Waals surface area contributed by atoms with Crippen molar-refractivity contribution in [3.05, 3.63) is 22.2 Å². The summed E-state index contributed by atoms with van der Waals surface area (Å²) in [6.07, 6.45) is 6.15. The number of rotatable bonds is 8. The number of unbranched alkanes of at least 4 members (excludes halogenated alkanes) is 3. The zero-order valence-corrected chi connectivity index (χ0v) is 14.7. The molecule has 0 saturated heterocycles. The van der Waals surface area contributed by atoms with E-state index in [1.54, 1.807) is 0 Å². The van der Waals surface area contributed by atoms with Crippen molar-refractivity contribution in [2.45, 2.75) is 52.0 Å². The van der Waals surface area contributed by atoms with E-state index in [1.165, 1.54) is 31.2 Å². The molecule has 1 aliphatic rings. The lowest BCUT2D eigenvalue weighted by molar-refractivity contribution is 0.171. The van der Waals surface area contributed by atoms with Crippen LogP contribution in [0, 0.1) is 0 Å². The third-order valence-electron chi connectivity index (χ3n) is 3.64. The maximum absolute atomic E-state index is 5.65. The SMILES string of the molecule is CC(C)NCCCCCCc1cc2c(cc1Br)OCCO2. The van der Waals surface area contributed by atoms with E-state index >= 15 is 0 Å². The van der Waals surface area contributed by atoms with Gasteiger partial charge in [0.05, 0.1) is 0 Å². The molecule has 0 bridgehead atoms. The summed E-state index contributed by atoms with van der Waals surface area (Å²) >= 11 is 3.64. The fourth-order valence-electron chi connectivity index (χ4n) is 2.48. The molecule has 0 radical (unpaired) electrons. The van der Waals surface area contributed by atoms with Crippen LogP contribution < -0.4 is 14.8 Å². The van der Waals surface area contributed by atoms with Crippen LogP contribution in [-0.2, 0) is 6.42 Å². The Balaban J connectivity index is 1.71. The van der Waals surface area contributed by atoms with Crippen molar-refractivity contribution in [1.29, 1.82) is 0 Å². The molecule has 0 spiro atoms. The second-order valence-corrected chi connectivity index (χ2v) is 6.71. The average Bonchev–Trinajstić information content (AvgIpc) is 2.46. The van der Waals surface area contributed by atoms with Crippen molar-refractivity contribution in [3.8, 4) is 11.5 Å². The van der Waals surface area contributed by atoms with Crippen molar-refractivity contribution in [2.24, 2.45) is 0 Å². The molecule has 1 aliphatic heterocycles. The van der Waals surface area contributed by atoms with Crippen LogP contribution in [0.2, 0.25) is 0 Å². The third-order valence-corrected chi connectivity index (χ3v) is 4.37. The van der Waals surface area contributed by atoms with Gasteiger partial charge in [0.2, 0.25) is 0 Å². The lowest BCUT2D eigenvalue weighted by Crippen LogP contribution is -2.23. The van der Waals surface area contributed by atoms with Crippen LogP contribution in [0.5, 0.6) is 11.5 Å². The number of fused-ring (bicyclic) bond motifs is 1. The molecule has 0 fully saturated rings. The van der Waals surface area contributed by atoms with Gasteiger partial charge in [-0.05, 0) is 43.5 Å². The Labute approximate surface area is 136 Å². The summed E-state index contributed by atoms with van der Waals surface area (Å²) in [7, 11) is 0. The summed E-state index contributed by atoms with van der Waals surface area (Å²) in [5.41, 5.74) is 1.32. The van der Waals surface area contributed by atoms with Gasteiger partial charge in [0.25, 0.3) is 0 Å². The number of benzene rings is 1. The Morgan fingerprint density at radius 3 is 2.43 bits per heavy atom. The number of hydrogen-bond donors (Lipinski definition) is 1. The quantitative estimate of drug-likeness (QED) is 0.704. The Bertz CT molecular complexity index is 449. The van der Waals surface area contributed by atoms with E-state index in [0.29, 0.717) is 19.3 Å². The van der Waals surface area contributed by atoms with Gasteiger partial charge in [-0.25, -0.2) is 0 Å². The first-order chi connectivity index (χ1) is 10.2. The van der Waals surface area contributed by atoms with Gasteiger partial charge < -0.3 is 14.8 Å². The molecule has 21 heavy (non-hydrogen) atoms. The van der Waals surface area contributed by atoms with Crippen LogP contribution in [0.4, 0.5) is 0 Å². The number of hydrogen-bond acceptors (Lipinski definition) is 3. The van der Waals surface area contributed by atoms with Gasteiger partial charge in [0.1, 0.15) is 13.2 Å². The molecule has 0 unspecified atom stereocenters. The smallest absolute Gasteiger partial charge is 0.162 e. The monoisotopic (exact) mass is 355 g/mol. The van der Waals surface area contributed by atoms with Crippen LogP contribution in [0.3, 0.4) is 0 Å². The number of nitrogens with one attached hydrogen (secondary N) is 1. The van der Waals surface area contributed by atoms with Crippen LogP contribution >= 0.6 is 15.9 Å². The highest BCUT2D eigenvalue weighted by atomic mass is 79.9. The Morgan fingerprint density at radius 2 is 1.71 bits per heavy atom. The fraction of sp³-hybridized carbons (Fsp3) is 0.647. The first-order valence-electron chi connectivity index (χ1n) is 7.98. The molecular formula is C17H26BrNO2. The topological polar surface area (TPSA) is 30.5 Å². The van der Waals surface area contributed by atoms with Gasteiger partial charge >= 0.3 is 0 Å². The summed E-state index contributed by atoms with van der Waals surface area (Å²) in [6, 6.07) is 4.76. The Kier molecular flexibility index (Phi) is 6.84. The van der Waals surface area contributed by atoms with Crippen molar-refractivity contribution in [3.63, 3.8) is 0 Å². The van der Waals surface area contributed by atoms with Gasteiger partial charge in [-0.15, -0.1) is 0 Å². The maximum Gasteiger partial charge on any atom is 0.162 e. The van der Waals surface area contributed by atoms with Crippen LogP contribution in [0.15, 0.2) is 16.6 Å². The number of ether oxygens (including phenoxy) is 2. The summed E-state index contributed by atoms with van der Waals surface area (Å²) in [4.78, 5) is 0. The maximum atomic E-state index is 5.65. The van der Waals surface area contributed by atoms with Gasteiger partial charge in [0.15, 0.2) is 11.5 Å². The van der Waals surface area contributed by atoms with Crippen LogP contribution in [-0.4, -0.2) is 25.8 Å². The lowest BCUT2D eigenvalue weighted by atomic mass is 10.1. The Morgan fingerprint density at radius 1 is 1.05 bits per heavy atom. The van der Waals surface area contributed by atoms with E-state index in [4.69, 9.17) is 9.47 Å². The molecule has 0 atom stereocenters. The van der Waals surface area contributed by atoms with Gasteiger partial charge in [-0.1, -0.05) is 42.6 Å². The number of halogens is 1. The molecule has 2 rings (SSSR count). The molecule has 1 aromatic carbocycles. The molecule has 0 aliphatic carbocycles. The fourth-order valence-corrected chi connectivity index (χ4v) is 3.00. The van der Waals surface area contributed by atoms with E-state index in [1.807, 2.05) is 6.07 Å². The zero-order chi connectivity index (χ0) is 15.1. The largest absolute Gasteiger partial charge is 0.486 e. The minimum Gasteiger partial charge on any atom is -0.486 e. The molecule has 4 heteroatoms. The summed E-state index contributed by atoms with van der Waals surface area (Å²) in [5.74, 6) is 1.75. The van der Waals surface area contributed by atoms with Gasteiger partial charge in [-0.3, -0.25) is 0 Å². The zero-order valence-electron chi connectivity index (χ0n) is 13.1. The molecule has 0 amide bonds. The van der Waals surface area contributed by atoms with Gasteiger partial charge in [-0.2, -0.15) is 0 Å². The highest BCUT2D eigenvalue weighted by Gasteiger charge is 2.14. The molecular weight excluding hydrogens is 330 g/mol. The molecule has 3 nitrogen and oxygen atoms in total. The second-order valence-electron chi connectivity index (χ2n) is 5.86. The lowest BCUT2D eigenvalue weighted by Gasteiger charge is -2.20. The highest BCUT2D eigenvalue weighted by molar-refractivity contribution is 9.10. The molecule has 118 valence electrons. The van der Waals surface area contributed by atoms with E-state index in [0.717, 1.165) is 28.9 Å². The molecule has 0 saturated carbocycles. The predicted molar refractivity (Wildman–Crippen MR) is 90.4 cm³/mol. The molecule has 1 aromatic rings.